The Morgan fingerprint density at radius 2 is 1.61 bits per heavy atom. The first-order chi connectivity index (χ1) is 13.0. The lowest BCUT2D eigenvalue weighted by atomic mass is 9.96. The van der Waals surface area contributed by atoms with Crippen molar-refractivity contribution in [3.05, 3.63) is 17.7 Å². The van der Waals surface area contributed by atoms with Crippen molar-refractivity contribution in [2.24, 2.45) is 5.41 Å². The van der Waals surface area contributed by atoms with Crippen LogP contribution in [0.4, 0.5) is 5.69 Å². The molecule has 8 nitrogen and oxygen atoms in total. The third-order valence-corrected chi connectivity index (χ3v) is 3.98. The molecule has 0 aliphatic carbocycles. The van der Waals surface area contributed by atoms with Gasteiger partial charge in [0.2, 0.25) is 11.8 Å². The standard InChI is InChI=1S/C20H31N3O5/c1-20(2,3)19(26)21-10-8-9-17(24)22-14-12-16(28-7)15(27-6)11-13(14)18(25)23(4)5/h11-12H,8-10H2,1-7H3,(H,21,26)(H,22,24). The lowest BCUT2D eigenvalue weighted by Crippen LogP contribution is -2.35. The van der Waals surface area contributed by atoms with Gasteiger partial charge < -0.3 is 25.0 Å². The molecule has 0 aliphatic rings. The second-order valence-electron chi connectivity index (χ2n) is 7.61. The molecule has 0 heterocycles. The van der Waals surface area contributed by atoms with Crippen molar-refractivity contribution in [3.8, 4) is 11.5 Å². The average Bonchev–Trinajstić information content (AvgIpc) is 2.63. The largest absolute Gasteiger partial charge is 0.493 e. The van der Waals surface area contributed by atoms with E-state index in [1.807, 2.05) is 20.8 Å². The first-order valence-corrected chi connectivity index (χ1v) is 9.07. The molecule has 0 aliphatic heterocycles. The SMILES string of the molecule is COc1cc(NC(=O)CCCNC(=O)C(C)(C)C)c(C(=O)N(C)C)cc1OC. The van der Waals surface area contributed by atoms with Gasteiger partial charge in [0.05, 0.1) is 25.5 Å². The van der Waals surface area contributed by atoms with Gasteiger partial charge in [-0.15, -0.1) is 0 Å². The first kappa shape index (κ1) is 23.3. The van der Waals surface area contributed by atoms with Crippen molar-refractivity contribution in [3.63, 3.8) is 0 Å². The Labute approximate surface area is 166 Å². The van der Waals surface area contributed by atoms with Gasteiger partial charge in [0.1, 0.15) is 0 Å². The number of carbonyl (C=O) groups excluding carboxylic acids is 3. The molecule has 0 fully saturated rings. The minimum atomic E-state index is -0.469. The number of ether oxygens (including phenoxy) is 2. The van der Waals surface area contributed by atoms with E-state index in [1.54, 1.807) is 26.2 Å². The molecule has 8 heteroatoms. The van der Waals surface area contributed by atoms with Crippen molar-refractivity contribution < 1.29 is 23.9 Å². The van der Waals surface area contributed by atoms with E-state index in [0.29, 0.717) is 35.7 Å². The van der Waals surface area contributed by atoms with Crippen molar-refractivity contribution in [1.29, 1.82) is 0 Å². The van der Waals surface area contributed by atoms with E-state index >= 15 is 0 Å². The van der Waals surface area contributed by atoms with Crippen LogP contribution in [-0.2, 0) is 9.59 Å². The van der Waals surface area contributed by atoms with Gasteiger partial charge in [-0.05, 0) is 12.5 Å². The Balaban J connectivity index is 2.84. The van der Waals surface area contributed by atoms with E-state index in [9.17, 15) is 14.4 Å². The van der Waals surface area contributed by atoms with Crippen LogP contribution in [-0.4, -0.2) is 57.5 Å². The van der Waals surface area contributed by atoms with Crippen LogP contribution in [0.2, 0.25) is 0 Å². The van der Waals surface area contributed by atoms with Crippen molar-refractivity contribution in [2.45, 2.75) is 33.6 Å². The zero-order chi connectivity index (χ0) is 21.5. The van der Waals surface area contributed by atoms with Crippen LogP contribution in [0.1, 0.15) is 44.0 Å². The normalized spacial score (nSPS) is 10.8. The highest BCUT2D eigenvalue weighted by atomic mass is 16.5. The van der Waals surface area contributed by atoms with Crippen LogP contribution < -0.4 is 20.1 Å². The number of amides is 3. The van der Waals surface area contributed by atoms with Gasteiger partial charge in [-0.3, -0.25) is 14.4 Å². The van der Waals surface area contributed by atoms with Gasteiger partial charge in [-0.2, -0.15) is 0 Å². The minimum Gasteiger partial charge on any atom is -0.493 e. The van der Waals surface area contributed by atoms with E-state index in [2.05, 4.69) is 10.6 Å². The smallest absolute Gasteiger partial charge is 0.255 e. The van der Waals surface area contributed by atoms with Crippen LogP contribution in [0.15, 0.2) is 12.1 Å². The first-order valence-electron chi connectivity index (χ1n) is 9.07. The third kappa shape index (κ3) is 6.44. The number of nitrogens with zero attached hydrogens (tertiary/aromatic N) is 1. The maximum absolute atomic E-state index is 12.5. The van der Waals surface area contributed by atoms with E-state index < -0.39 is 5.41 Å². The van der Waals surface area contributed by atoms with Crippen molar-refractivity contribution in [1.82, 2.24) is 10.2 Å². The van der Waals surface area contributed by atoms with Gasteiger partial charge in [-0.1, -0.05) is 20.8 Å². The van der Waals surface area contributed by atoms with Crippen LogP contribution in [0.5, 0.6) is 11.5 Å². The topological polar surface area (TPSA) is 97.0 Å². The quantitative estimate of drug-likeness (QED) is 0.661. The Bertz CT molecular complexity index is 723. The van der Waals surface area contributed by atoms with E-state index in [1.165, 1.54) is 19.1 Å². The van der Waals surface area contributed by atoms with Gasteiger partial charge in [-0.25, -0.2) is 0 Å². The lowest BCUT2D eigenvalue weighted by molar-refractivity contribution is -0.128. The second-order valence-corrected chi connectivity index (χ2v) is 7.61. The fourth-order valence-corrected chi connectivity index (χ4v) is 2.33. The molecule has 2 N–H and O–H groups in total. The molecule has 156 valence electrons. The molecular weight excluding hydrogens is 362 g/mol. The van der Waals surface area contributed by atoms with E-state index in [-0.39, 0.29) is 24.1 Å². The molecule has 3 amide bonds. The number of hydrogen-bond acceptors (Lipinski definition) is 5. The van der Waals surface area contributed by atoms with Gasteiger partial charge in [0, 0.05) is 38.5 Å². The zero-order valence-corrected chi connectivity index (χ0v) is 17.8. The number of carbonyl (C=O) groups is 3. The van der Waals surface area contributed by atoms with Gasteiger partial charge >= 0.3 is 0 Å². The average molecular weight is 393 g/mol. The molecule has 1 aromatic carbocycles. The van der Waals surface area contributed by atoms with Gasteiger partial charge in [0.15, 0.2) is 11.5 Å². The highest BCUT2D eigenvalue weighted by Crippen LogP contribution is 2.34. The molecule has 1 aromatic rings. The van der Waals surface area contributed by atoms with Crippen molar-refractivity contribution >= 4 is 23.4 Å². The summed E-state index contributed by atoms with van der Waals surface area (Å²) in [6, 6.07) is 3.11. The maximum Gasteiger partial charge on any atom is 0.255 e. The van der Waals surface area contributed by atoms with Gasteiger partial charge in [0.25, 0.3) is 5.91 Å². The molecule has 0 atom stereocenters. The van der Waals surface area contributed by atoms with Crippen LogP contribution in [0, 0.1) is 5.41 Å². The Morgan fingerprint density at radius 3 is 2.11 bits per heavy atom. The predicted octanol–water partition coefficient (Wildman–Crippen LogP) is 2.29. The summed E-state index contributed by atoms with van der Waals surface area (Å²) >= 11 is 0. The molecule has 0 saturated heterocycles. The Kier molecular flexibility index (Phi) is 8.28. The molecule has 28 heavy (non-hydrogen) atoms. The molecule has 0 spiro atoms. The molecule has 0 radical (unpaired) electrons. The van der Waals surface area contributed by atoms with Crippen molar-refractivity contribution in [2.75, 3.05) is 40.2 Å². The fourth-order valence-electron chi connectivity index (χ4n) is 2.33. The summed E-state index contributed by atoms with van der Waals surface area (Å²) in [4.78, 5) is 38.1. The summed E-state index contributed by atoms with van der Waals surface area (Å²) in [6.45, 7) is 5.89. The maximum atomic E-state index is 12.5. The molecule has 1 rings (SSSR count). The number of anilines is 1. The summed E-state index contributed by atoms with van der Waals surface area (Å²) < 4.78 is 10.5. The minimum absolute atomic E-state index is 0.0633. The number of benzene rings is 1. The van der Waals surface area contributed by atoms with E-state index in [4.69, 9.17) is 9.47 Å². The lowest BCUT2D eigenvalue weighted by Gasteiger charge is -2.18. The van der Waals surface area contributed by atoms with Crippen LogP contribution >= 0.6 is 0 Å². The molecule has 0 saturated carbocycles. The van der Waals surface area contributed by atoms with E-state index in [0.717, 1.165) is 0 Å². The third-order valence-electron chi connectivity index (χ3n) is 3.98. The number of hydrogen-bond donors (Lipinski definition) is 2. The molecule has 0 aromatic heterocycles. The fraction of sp³-hybridized carbons (Fsp3) is 0.550. The Morgan fingerprint density at radius 1 is 1.04 bits per heavy atom. The highest BCUT2D eigenvalue weighted by molar-refractivity contribution is 6.04. The number of methoxy groups -OCH3 is 2. The monoisotopic (exact) mass is 393 g/mol. The molecular formula is C20H31N3O5. The summed E-state index contributed by atoms with van der Waals surface area (Å²) in [6.07, 6.45) is 0.687. The summed E-state index contributed by atoms with van der Waals surface area (Å²) in [5, 5.41) is 5.56. The Hall–Kier alpha value is -2.77. The second kappa shape index (κ2) is 9.96. The molecule has 0 unspecified atom stereocenters. The summed E-state index contributed by atoms with van der Waals surface area (Å²) in [7, 11) is 6.21. The summed E-state index contributed by atoms with van der Waals surface area (Å²) in [5.41, 5.74) is 0.181. The number of nitrogens with one attached hydrogen (secondary N) is 2. The van der Waals surface area contributed by atoms with Crippen LogP contribution in [0.3, 0.4) is 0 Å². The van der Waals surface area contributed by atoms with Crippen LogP contribution in [0.25, 0.3) is 0 Å². The molecule has 0 bridgehead atoms. The number of rotatable bonds is 8. The highest BCUT2D eigenvalue weighted by Gasteiger charge is 2.21. The summed E-state index contributed by atoms with van der Waals surface area (Å²) in [5.74, 6) is 0.214. The predicted molar refractivity (Wildman–Crippen MR) is 108 cm³/mol. The zero-order valence-electron chi connectivity index (χ0n) is 17.8.